The van der Waals surface area contributed by atoms with E-state index in [-0.39, 0.29) is 11.7 Å². The van der Waals surface area contributed by atoms with Crippen LogP contribution in [0, 0.1) is 5.82 Å². The van der Waals surface area contributed by atoms with Crippen LogP contribution in [0.5, 0.6) is 5.75 Å². The molecule has 128 valence electrons. The molecule has 6 heteroatoms. The van der Waals surface area contributed by atoms with Gasteiger partial charge in [0.1, 0.15) is 11.6 Å². The summed E-state index contributed by atoms with van der Waals surface area (Å²) in [5.74, 6) is -0.474. The van der Waals surface area contributed by atoms with Crippen molar-refractivity contribution in [3.8, 4) is 5.75 Å². The molecular formula is C19H17FN2O3. The van der Waals surface area contributed by atoms with Crippen LogP contribution in [0.25, 0.3) is 5.57 Å². The largest absolute Gasteiger partial charge is 0.479 e. The van der Waals surface area contributed by atoms with Gasteiger partial charge in [-0.15, -0.1) is 0 Å². The van der Waals surface area contributed by atoms with Crippen LogP contribution in [0.4, 0.5) is 15.8 Å². The minimum Gasteiger partial charge on any atom is -0.479 e. The molecule has 0 spiro atoms. The topological polar surface area (TPSA) is 67.4 Å². The van der Waals surface area contributed by atoms with Gasteiger partial charge >= 0.3 is 0 Å². The summed E-state index contributed by atoms with van der Waals surface area (Å²) in [7, 11) is 0. The van der Waals surface area contributed by atoms with Gasteiger partial charge in [-0.05, 0) is 43.7 Å². The lowest BCUT2D eigenvalue weighted by atomic mass is 10.1. The maximum atomic E-state index is 13.7. The predicted molar refractivity (Wildman–Crippen MR) is 93.8 cm³/mol. The zero-order valence-electron chi connectivity index (χ0n) is 13.8. The average molecular weight is 340 g/mol. The number of amides is 2. The van der Waals surface area contributed by atoms with Crippen molar-refractivity contribution < 1.29 is 18.7 Å². The van der Waals surface area contributed by atoms with Crippen LogP contribution in [0.15, 0.2) is 48.5 Å². The number of benzene rings is 2. The molecule has 2 aromatic rings. The van der Waals surface area contributed by atoms with Crippen molar-refractivity contribution in [2.24, 2.45) is 0 Å². The Morgan fingerprint density at radius 2 is 2.04 bits per heavy atom. The lowest BCUT2D eigenvalue weighted by Crippen LogP contribution is -2.34. The fourth-order valence-electron chi connectivity index (χ4n) is 2.52. The third-order valence-electron chi connectivity index (χ3n) is 3.82. The number of fused-ring (bicyclic) bond motifs is 1. The molecule has 2 amide bonds. The zero-order valence-corrected chi connectivity index (χ0v) is 13.8. The highest BCUT2D eigenvalue weighted by molar-refractivity contribution is 6.05. The first-order valence-electron chi connectivity index (χ1n) is 7.80. The Labute approximate surface area is 144 Å². The van der Waals surface area contributed by atoms with Gasteiger partial charge in [-0.1, -0.05) is 18.2 Å². The number of rotatable bonds is 3. The summed E-state index contributed by atoms with van der Waals surface area (Å²) in [6.45, 7) is 3.32. The van der Waals surface area contributed by atoms with Gasteiger partial charge < -0.3 is 15.4 Å². The van der Waals surface area contributed by atoms with Gasteiger partial charge in [0.25, 0.3) is 5.91 Å². The summed E-state index contributed by atoms with van der Waals surface area (Å²) in [5, 5.41) is 5.41. The smallest absolute Gasteiger partial charge is 0.265 e. The molecule has 0 fully saturated rings. The standard InChI is InChI=1S/C19H17FN2O3/c1-11(14-5-3-4-6-15(14)20)9-18(23)21-13-7-8-17-16(10-13)22-19(24)12(2)25-17/h3-10,12H,1-2H3,(H,21,23)(H,22,24). The normalized spacial score (nSPS) is 16.5. The first kappa shape index (κ1) is 16.7. The Hall–Kier alpha value is -3.15. The van der Waals surface area contributed by atoms with Gasteiger partial charge in [-0.2, -0.15) is 0 Å². The Morgan fingerprint density at radius 1 is 1.28 bits per heavy atom. The Balaban J connectivity index is 1.76. The van der Waals surface area contributed by atoms with E-state index in [4.69, 9.17) is 4.74 Å². The molecule has 1 unspecified atom stereocenters. The van der Waals surface area contributed by atoms with Gasteiger partial charge in [0.15, 0.2) is 6.10 Å². The highest BCUT2D eigenvalue weighted by Crippen LogP contribution is 2.32. The highest BCUT2D eigenvalue weighted by Gasteiger charge is 2.23. The molecule has 5 nitrogen and oxygen atoms in total. The zero-order chi connectivity index (χ0) is 18.0. The number of allylic oxidation sites excluding steroid dienone is 1. The van der Waals surface area contributed by atoms with Crippen LogP contribution in [0.3, 0.4) is 0 Å². The number of carbonyl (C=O) groups is 2. The van der Waals surface area contributed by atoms with E-state index in [0.717, 1.165) is 0 Å². The van der Waals surface area contributed by atoms with E-state index < -0.39 is 12.0 Å². The van der Waals surface area contributed by atoms with E-state index in [0.29, 0.717) is 28.3 Å². The van der Waals surface area contributed by atoms with Crippen molar-refractivity contribution in [3.05, 3.63) is 59.9 Å². The molecule has 1 aliphatic rings. The van der Waals surface area contributed by atoms with Gasteiger partial charge in [-0.3, -0.25) is 9.59 Å². The van der Waals surface area contributed by atoms with Crippen LogP contribution in [0.2, 0.25) is 0 Å². The minimum atomic E-state index is -0.556. The monoisotopic (exact) mass is 340 g/mol. The number of halogens is 1. The quantitative estimate of drug-likeness (QED) is 0.839. The molecule has 0 aromatic heterocycles. The number of ether oxygens (including phenoxy) is 1. The first-order valence-corrected chi connectivity index (χ1v) is 7.80. The lowest BCUT2D eigenvalue weighted by Gasteiger charge is -2.23. The van der Waals surface area contributed by atoms with Crippen LogP contribution >= 0.6 is 0 Å². The maximum Gasteiger partial charge on any atom is 0.265 e. The first-order chi connectivity index (χ1) is 11.9. The van der Waals surface area contributed by atoms with E-state index in [9.17, 15) is 14.0 Å². The van der Waals surface area contributed by atoms with E-state index in [1.165, 1.54) is 12.1 Å². The lowest BCUT2D eigenvalue weighted by molar-refractivity contribution is -0.122. The number of carbonyl (C=O) groups excluding carboxylic acids is 2. The number of anilines is 2. The molecule has 25 heavy (non-hydrogen) atoms. The minimum absolute atomic E-state index is 0.244. The van der Waals surface area contributed by atoms with E-state index >= 15 is 0 Å². The fraction of sp³-hybridized carbons (Fsp3) is 0.158. The molecule has 2 aromatic carbocycles. The SMILES string of the molecule is CC(=CC(=O)Nc1ccc2c(c1)NC(=O)C(C)O2)c1ccccc1F. The second-order valence-electron chi connectivity index (χ2n) is 5.76. The van der Waals surface area contributed by atoms with Crippen molar-refractivity contribution in [3.63, 3.8) is 0 Å². The third-order valence-corrected chi connectivity index (χ3v) is 3.82. The Morgan fingerprint density at radius 3 is 2.80 bits per heavy atom. The van der Waals surface area contributed by atoms with Gasteiger partial charge in [0.05, 0.1) is 5.69 Å². The summed E-state index contributed by atoms with van der Waals surface area (Å²) in [6.07, 6.45) is 0.772. The summed E-state index contributed by atoms with van der Waals surface area (Å²) < 4.78 is 19.2. The van der Waals surface area contributed by atoms with Gasteiger partial charge in [0, 0.05) is 17.3 Å². The summed E-state index contributed by atoms with van der Waals surface area (Å²) in [6, 6.07) is 11.2. The molecule has 0 radical (unpaired) electrons. The summed E-state index contributed by atoms with van der Waals surface area (Å²) >= 11 is 0. The molecule has 2 N–H and O–H groups in total. The number of hydrogen-bond acceptors (Lipinski definition) is 3. The van der Waals surface area contributed by atoms with Crippen molar-refractivity contribution in [1.82, 2.24) is 0 Å². The molecule has 3 rings (SSSR count). The molecule has 0 aliphatic carbocycles. The molecule has 0 saturated heterocycles. The summed E-state index contributed by atoms with van der Waals surface area (Å²) in [5.41, 5.74) is 1.88. The van der Waals surface area contributed by atoms with E-state index in [1.807, 2.05) is 0 Å². The third kappa shape index (κ3) is 3.68. The highest BCUT2D eigenvalue weighted by atomic mass is 19.1. The van der Waals surface area contributed by atoms with Crippen molar-refractivity contribution in [2.45, 2.75) is 20.0 Å². The molecule has 1 aliphatic heterocycles. The van der Waals surface area contributed by atoms with E-state index in [2.05, 4.69) is 10.6 Å². The molecular weight excluding hydrogens is 323 g/mol. The fourth-order valence-corrected chi connectivity index (χ4v) is 2.52. The van der Waals surface area contributed by atoms with Crippen molar-refractivity contribution in [2.75, 3.05) is 10.6 Å². The van der Waals surface area contributed by atoms with Crippen molar-refractivity contribution >= 4 is 28.8 Å². The second kappa shape index (κ2) is 6.76. The van der Waals surface area contributed by atoms with Crippen LogP contribution < -0.4 is 15.4 Å². The number of nitrogens with one attached hydrogen (secondary N) is 2. The Bertz CT molecular complexity index is 877. The maximum absolute atomic E-state index is 13.7. The van der Waals surface area contributed by atoms with Crippen LogP contribution in [0.1, 0.15) is 19.4 Å². The molecule has 0 bridgehead atoms. The second-order valence-corrected chi connectivity index (χ2v) is 5.76. The van der Waals surface area contributed by atoms with Crippen LogP contribution in [-0.2, 0) is 9.59 Å². The summed E-state index contributed by atoms with van der Waals surface area (Å²) in [4.78, 5) is 23.8. The predicted octanol–water partition coefficient (Wildman–Crippen LogP) is 3.59. The molecule has 1 heterocycles. The molecule has 0 saturated carbocycles. The van der Waals surface area contributed by atoms with Crippen molar-refractivity contribution in [1.29, 1.82) is 0 Å². The van der Waals surface area contributed by atoms with E-state index in [1.54, 1.807) is 50.2 Å². The average Bonchev–Trinajstić information content (AvgIpc) is 2.56. The van der Waals surface area contributed by atoms with Gasteiger partial charge in [-0.25, -0.2) is 4.39 Å². The van der Waals surface area contributed by atoms with Crippen LogP contribution in [-0.4, -0.2) is 17.9 Å². The van der Waals surface area contributed by atoms with Gasteiger partial charge in [0.2, 0.25) is 5.91 Å². The number of hydrogen-bond donors (Lipinski definition) is 2. The molecule has 1 atom stereocenters. The Kier molecular flexibility index (Phi) is 4.52.